The van der Waals surface area contributed by atoms with Crippen LogP contribution in [0.15, 0.2) is 27.8 Å². The summed E-state index contributed by atoms with van der Waals surface area (Å²) in [6.07, 6.45) is 3.03. The number of aromatic nitrogens is 3. The van der Waals surface area contributed by atoms with Crippen molar-refractivity contribution < 1.29 is 9.26 Å². The van der Waals surface area contributed by atoms with Gasteiger partial charge < -0.3 is 20.0 Å². The van der Waals surface area contributed by atoms with Gasteiger partial charge in [0, 0.05) is 25.6 Å². The van der Waals surface area contributed by atoms with Crippen LogP contribution in [0.5, 0.6) is 0 Å². The Labute approximate surface area is 103 Å². The molecule has 0 spiro atoms. The molecule has 0 amide bonds. The molecule has 96 valence electrons. The molecule has 0 fully saturated rings. The molecular formula is C11H14N4O3. The smallest absolute Gasteiger partial charge is 0.263 e. The average Bonchev–Trinajstić information content (AvgIpc) is 2.79. The maximum atomic E-state index is 11.6. The number of nitrogens with one attached hydrogen (secondary N) is 1. The van der Waals surface area contributed by atoms with Crippen LogP contribution in [-0.2, 0) is 10.3 Å². The van der Waals surface area contributed by atoms with Crippen molar-refractivity contribution in [2.75, 3.05) is 13.7 Å². The van der Waals surface area contributed by atoms with Gasteiger partial charge in [-0.05, 0) is 6.92 Å². The van der Waals surface area contributed by atoms with Gasteiger partial charge in [0.25, 0.3) is 5.89 Å². The first-order valence-electron chi connectivity index (χ1n) is 5.34. The molecular weight excluding hydrogens is 236 g/mol. The number of nitrogens with zero attached hydrogens (tertiary/aromatic N) is 2. The van der Waals surface area contributed by atoms with Crippen LogP contribution in [0.1, 0.15) is 12.7 Å². The summed E-state index contributed by atoms with van der Waals surface area (Å²) in [6, 6.07) is 1.38. The molecule has 1 atom stereocenters. The van der Waals surface area contributed by atoms with E-state index in [1.165, 1.54) is 25.6 Å². The van der Waals surface area contributed by atoms with Crippen LogP contribution < -0.4 is 11.2 Å². The maximum absolute atomic E-state index is 11.6. The van der Waals surface area contributed by atoms with E-state index in [9.17, 15) is 4.79 Å². The number of rotatable bonds is 4. The topological polar surface area (TPSA) is 107 Å². The van der Waals surface area contributed by atoms with Crippen LogP contribution >= 0.6 is 0 Å². The molecule has 0 bridgehead atoms. The third-order valence-corrected chi connectivity index (χ3v) is 2.44. The van der Waals surface area contributed by atoms with Crippen LogP contribution in [0.4, 0.5) is 0 Å². The second-order valence-electron chi connectivity index (χ2n) is 4.20. The Morgan fingerprint density at radius 2 is 2.39 bits per heavy atom. The SMILES string of the molecule is COCC(C)(N)c1noc(-c2c[nH]ccc2=O)n1. The van der Waals surface area contributed by atoms with Crippen molar-refractivity contribution in [1.29, 1.82) is 0 Å². The van der Waals surface area contributed by atoms with Gasteiger partial charge in [-0.25, -0.2) is 0 Å². The number of H-pyrrole nitrogens is 1. The number of aromatic amines is 1. The number of methoxy groups -OCH3 is 1. The summed E-state index contributed by atoms with van der Waals surface area (Å²) in [6.45, 7) is 1.97. The molecule has 0 aliphatic heterocycles. The molecule has 7 heteroatoms. The summed E-state index contributed by atoms with van der Waals surface area (Å²) in [4.78, 5) is 18.5. The normalized spacial score (nSPS) is 14.4. The first-order valence-corrected chi connectivity index (χ1v) is 5.34. The molecule has 0 aliphatic rings. The van der Waals surface area contributed by atoms with Crippen molar-refractivity contribution in [3.8, 4) is 11.5 Å². The van der Waals surface area contributed by atoms with E-state index < -0.39 is 5.54 Å². The van der Waals surface area contributed by atoms with Crippen LogP contribution in [-0.4, -0.2) is 28.8 Å². The van der Waals surface area contributed by atoms with Crippen molar-refractivity contribution in [3.05, 3.63) is 34.5 Å². The second-order valence-corrected chi connectivity index (χ2v) is 4.20. The zero-order valence-electron chi connectivity index (χ0n) is 10.1. The van der Waals surface area contributed by atoms with E-state index in [0.717, 1.165) is 0 Å². The Kier molecular flexibility index (Phi) is 3.26. The first-order chi connectivity index (χ1) is 8.54. The number of ether oxygens (including phenoxy) is 1. The van der Waals surface area contributed by atoms with Crippen molar-refractivity contribution in [3.63, 3.8) is 0 Å². The molecule has 0 saturated heterocycles. The lowest BCUT2D eigenvalue weighted by Crippen LogP contribution is -2.39. The van der Waals surface area contributed by atoms with E-state index in [2.05, 4.69) is 15.1 Å². The molecule has 2 rings (SSSR count). The Morgan fingerprint density at radius 1 is 1.61 bits per heavy atom. The minimum absolute atomic E-state index is 0.139. The fourth-order valence-electron chi connectivity index (χ4n) is 1.51. The Morgan fingerprint density at radius 3 is 3.06 bits per heavy atom. The van der Waals surface area contributed by atoms with Crippen LogP contribution in [0, 0.1) is 0 Å². The summed E-state index contributed by atoms with van der Waals surface area (Å²) in [5.74, 6) is 0.433. The van der Waals surface area contributed by atoms with Gasteiger partial charge >= 0.3 is 0 Å². The Balaban J connectivity index is 2.37. The maximum Gasteiger partial charge on any atom is 0.263 e. The highest BCUT2D eigenvalue weighted by Crippen LogP contribution is 2.18. The zero-order valence-corrected chi connectivity index (χ0v) is 10.1. The summed E-state index contributed by atoms with van der Waals surface area (Å²) >= 11 is 0. The van der Waals surface area contributed by atoms with E-state index in [1.807, 2.05) is 0 Å². The lowest BCUT2D eigenvalue weighted by atomic mass is 10.1. The number of pyridine rings is 1. The minimum Gasteiger partial charge on any atom is -0.382 e. The first kappa shape index (κ1) is 12.5. The highest BCUT2D eigenvalue weighted by molar-refractivity contribution is 5.50. The number of hydrogen-bond donors (Lipinski definition) is 2. The van der Waals surface area contributed by atoms with E-state index >= 15 is 0 Å². The van der Waals surface area contributed by atoms with Crippen LogP contribution in [0.3, 0.4) is 0 Å². The van der Waals surface area contributed by atoms with Crippen molar-refractivity contribution >= 4 is 0 Å². The van der Waals surface area contributed by atoms with Gasteiger partial charge in [-0.1, -0.05) is 5.16 Å². The van der Waals surface area contributed by atoms with Gasteiger partial charge in [-0.3, -0.25) is 4.79 Å². The van der Waals surface area contributed by atoms with Crippen molar-refractivity contribution in [2.45, 2.75) is 12.5 Å². The molecule has 2 aromatic heterocycles. The second kappa shape index (κ2) is 4.71. The standard InChI is InChI=1S/C11H14N4O3/c1-11(12,6-17-2)10-14-9(18-15-10)7-5-13-4-3-8(7)16/h3-5H,6,12H2,1-2H3,(H,13,16). The quantitative estimate of drug-likeness (QED) is 0.805. The number of hydrogen-bond acceptors (Lipinski definition) is 6. The summed E-state index contributed by atoms with van der Waals surface area (Å²) in [7, 11) is 1.54. The van der Waals surface area contributed by atoms with E-state index in [0.29, 0.717) is 11.4 Å². The predicted molar refractivity (Wildman–Crippen MR) is 63.8 cm³/mol. The highest BCUT2D eigenvalue weighted by atomic mass is 16.5. The fourth-order valence-corrected chi connectivity index (χ4v) is 1.51. The van der Waals surface area contributed by atoms with Gasteiger partial charge in [-0.2, -0.15) is 4.98 Å². The molecule has 2 aromatic rings. The molecule has 2 heterocycles. The van der Waals surface area contributed by atoms with Gasteiger partial charge in [0.2, 0.25) is 0 Å². The van der Waals surface area contributed by atoms with Crippen molar-refractivity contribution in [2.24, 2.45) is 5.73 Å². The molecule has 0 radical (unpaired) electrons. The van der Waals surface area contributed by atoms with Crippen molar-refractivity contribution in [1.82, 2.24) is 15.1 Å². The molecule has 0 saturated carbocycles. The van der Waals surface area contributed by atoms with Crippen LogP contribution in [0.2, 0.25) is 0 Å². The van der Waals surface area contributed by atoms with Gasteiger partial charge in [0.05, 0.1) is 6.61 Å². The monoisotopic (exact) mass is 250 g/mol. The lowest BCUT2D eigenvalue weighted by molar-refractivity contribution is 0.135. The fraction of sp³-hybridized carbons (Fsp3) is 0.364. The molecule has 7 nitrogen and oxygen atoms in total. The lowest BCUT2D eigenvalue weighted by Gasteiger charge is -2.18. The molecule has 3 N–H and O–H groups in total. The third kappa shape index (κ3) is 2.31. The highest BCUT2D eigenvalue weighted by Gasteiger charge is 2.28. The predicted octanol–water partition coefficient (Wildman–Crippen LogP) is 0.245. The average molecular weight is 250 g/mol. The molecule has 0 aliphatic carbocycles. The molecule has 18 heavy (non-hydrogen) atoms. The van der Waals surface area contributed by atoms with Gasteiger partial charge in [0.15, 0.2) is 11.3 Å². The molecule has 1 unspecified atom stereocenters. The number of nitrogens with two attached hydrogens (primary N) is 1. The van der Waals surface area contributed by atoms with Crippen LogP contribution in [0.25, 0.3) is 11.5 Å². The van der Waals surface area contributed by atoms with E-state index in [4.69, 9.17) is 15.0 Å². The third-order valence-electron chi connectivity index (χ3n) is 2.44. The van der Waals surface area contributed by atoms with E-state index in [-0.39, 0.29) is 17.9 Å². The van der Waals surface area contributed by atoms with Gasteiger partial charge in [-0.15, -0.1) is 0 Å². The summed E-state index contributed by atoms with van der Waals surface area (Å²) in [5, 5.41) is 3.78. The van der Waals surface area contributed by atoms with E-state index in [1.54, 1.807) is 6.92 Å². The molecule has 0 aromatic carbocycles. The van der Waals surface area contributed by atoms with Gasteiger partial charge in [0.1, 0.15) is 11.1 Å². The minimum atomic E-state index is -0.863. The Bertz CT molecular complexity index is 588. The summed E-state index contributed by atoms with van der Waals surface area (Å²) in [5.41, 5.74) is 5.23. The Hall–Kier alpha value is -1.99. The zero-order chi connectivity index (χ0) is 13.2. The summed E-state index contributed by atoms with van der Waals surface area (Å²) < 4.78 is 10.0. The largest absolute Gasteiger partial charge is 0.382 e.